The SMILES string of the molecule is COc1cnc(N2CCC3CCN(CCc4ccccn4)C3C2)nc1. The minimum atomic E-state index is 0.600. The van der Waals surface area contributed by atoms with Gasteiger partial charge >= 0.3 is 0 Å². The summed E-state index contributed by atoms with van der Waals surface area (Å²) in [7, 11) is 1.64. The fraction of sp³-hybridized carbons (Fsp3) is 0.526. The van der Waals surface area contributed by atoms with Gasteiger partial charge < -0.3 is 9.64 Å². The monoisotopic (exact) mass is 339 g/mol. The van der Waals surface area contributed by atoms with E-state index < -0.39 is 0 Å². The van der Waals surface area contributed by atoms with Crippen molar-refractivity contribution in [1.29, 1.82) is 0 Å². The van der Waals surface area contributed by atoms with Gasteiger partial charge in [-0.15, -0.1) is 0 Å². The Morgan fingerprint density at radius 2 is 1.96 bits per heavy atom. The highest BCUT2D eigenvalue weighted by Crippen LogP contribution is 2.32. The zero-order valence-corrected chi connectivity index (χ0v) is 14.7. The Morgan fingerprint density at radius 3 is 2.72 bits per heavy atom. The van der Waals surface area contributed by atoms with Crippen molar-refractivity contribution in [3.63, 3.8) is 0 Å². The van der Waals surface area contributed by atoms with Crippen molar-refractivity contribution < 1.29 is 4.74 Å². The van der Waals surface area contributed by atoms with Crippen LogP contribution >= 0.6 is 0 Å². The Kier molecular flexibility index (Phi) is 4.78. The number of piperidine rings is 1. The fourth-order valence-corrected chi connectivity index (χ4v) is 4.07. The lowest BCUT2D eigenvalue weighted by Gasteiger charge is -2.38. The third-order valence-electron chi connectivity index (χ3n) is 5.49. The molecule has 6 heteroatoms. The predicted octanol–water partition coefficient (Wildman–Crippen LogP) is 2.02. The van der Waals surface area contributed by atoms with Crippen molar-refractivity contribution >= 4 is 5.95 Å². The zero-order chi connectivity index (χ0) is 17.1. The Morgan fingerprint density at radius 1 is 1.12 bits per heavy atom. The minimum absolute atomic E-state index is 0.600. The van der Waals surface area contributed by atoms with Crippen molar-refractivity contribution in [2.75, 3.05) is 38.2 Å². The molecule has 0 N–H and O–H groups in total. The van der Waals surface area contributed by atoms with Crippen LogP contribution in [0.3, 0.4) is 0 Å². The van der Waals surface area contributed by atoms with Gasteiger partial charge in [0.25, 0.3) is 0 Å². The van der Waals surface area contributed by atoms with Gasteiger partial charge in [0.05, 0.1) is 19.5 Å². The summed E-state index contributed by atoms with van der Waals surface area (Å²) in [6.45, 7) is 4.33. The predicted molar refractivity (Wildman–Crippen MR) is 96.8 cm³/mol. The van der Waals surface area contributed by atoms with E-state index in [1.807, 2.05) is 12.3 Å². The minimum Gasteiger partial charge on any atom is -0.494 e. The molecular weight excluding hydrogens is 314 g/mol. The van der Waals surface area contributed by atoms with Gasteiger partial charge in [-0.3, -0.25) is 9.88 Å². The highest BCUT2D eigenvalue weighted by molar-refractivity contribution is 5.33. The summed E-state index contributed by atoms with van der Waals surface area (Å²) in [5.41, 5.74) is 1.18. The van der Waals surface area contributed by atoms with Gasteiger partial charge in [0.15, 0.2) is 5.75 Å². The van der Waals surface area contributed by atoms with Crippen LogP contribution in [0.5, 0.6) is 5.75 Å². The molecule has 4 rings (SSSR count). The smallest absolute Gasteiger partial charge is 0.225 e. The maximum Gasteiger partial charge on any atom is 0.225 e. The molecule has 6 nitrogen and oxygen atoms in total. The number of methoxy groups -OCH3 is 1. The van der Waals surface area contributed by atoms with Crippen LogP contribution in [-0.2, 0) is 6.42 Å². The number of nitrogens with zero attached hydrogens (tertiary/aromatic N) is 5. The van der Waals surface area contributed by atoms with Crippen LogP contribution in [0.15, 0.2) is 36.8 Å². The first kappa shape index (κ1) is 16.3. The van der Waals surface area contributed by atoms with Crippen LogP contribution in [-0.4, -0.2) is 59.2 Å². The summed E-state index contributed by atoms with van der Waals surface area (Å²) < 4.78 is 5.16. The van der Waals surface area contributed by atoms with Gasteiger partial charge in [0.2, 0.25) is 5.95 Å². The van der Waals surface area contributed by atoms with Crippen molar-refractivity contribution in [1.82, 2.24) is 19.9 Å². The van der Waals surface area contributed by atoms with Crippen LogP contribution in [0.25, 0.3) is 0 Å². The van der Waals surface area contributed by atoms with Crippen LogP contribution in [0.2, 0.25) is 0 Å². The number of hydrogen-bond acceptors (Lipinski definition) is 6. The van der Waals surface area contributed by atoms with E-state index >= 15 is 0 Å². The molecule has 0 amide bonds. The molecule has 0 aliphatic carbocycles. The molecule has 25 heavy (non-hydrogen) atoms. The van der Waals surface area contributed by atoms with E-state index in [1.54, 1.807) is 19.5 Å². The number of pyridine rings is 1. The first-order valence-electron chi connectivity index (χ1n) is 9.08. The molecule has 2 aliphatic heterocycles. The highest BCUT2D eigenvalue weighted by Gasteiger charge is 2.38. The zero-order valence-electron chi connectivity index (χ0n) is 14.7. The van der Waals surface area contributed by atoms with E-state index in [9.17, 15) is 0 Å². The normalized spacial score (nSPS) is 23.5. The molecule has 0 spiro atoms. The molecule has 4 heterocycles. The second-order valence-electron chi connectivity index (χ2n) is 6.88. The van der Waals surface area contributed by atoms with Crippen LogP contribution < -0.4 is 9.64 Å². The lowest BCUT2D eigenvalue weighted by Crippen LogP contribution is -2.49. The van der Waals surface area contributed by atoms with E-state index in [1.165, 1.54) is 25.1 Å². The quantitative estimate of drug-likeness (QED) is 0.831. The third kappa shape index (κ3) is 3.58. The maximum atomic E-state index is 5.16. The Bertz CT molecular complexity index is 678. The van der Waals surface area contributed by atoms with Gasteiger partial charge in [-0.2, -0.15) is 0 Å². The van der Waals surface area contributed by atoms with Crippen LogP contribution in [0, 0.1) is 5.92 Å². The average Bonchev–Trinajstić information content (AvgIpc) is 3.09. The van der Waals surface area contributed by atoms with Crippen LogP contribution in [0.1, 0.15) is 18.5 Å². The first-order valence-corrected chi connectivity index (χ1v) is 9.08. The molecule has 2 aromatic rings. The highest BCUT2D eigenvalue weighted by atomic mass is 16.5. The Balaban J connectivity index is 1.39. The summed E-state index contributed by atoms with van der Waals surface area (Å²) in [4.78, 5) is 18.3. The number of anilines is 1. The average molecular weight is 339 g/mol. The Labute approximate surface area is 148 Å². The van der Waals surface area contributed by atoms with E-state index in [2.05, 4.69) is 36.9 Å². The molecule has 2 unspecified atom stereocenters. The number of ether oxygens (including phenoxy) is 1. The molecule has 2 fully saturated rings. The molecule has 2 aromatic heterocycles. The number of aromatic nitrogens is 3. The molecule has 0 aromatic carbocycles. The molecule has 2 atom stereocenters. The number of fused-ring (bicyclic) bond motifs is 1. The topological polar surface area (TPSA) is 54.4 Å². The summed E-state index contributed by atoms with van der Waals surface area (Å²) in [5.74, 6) is 2.32. The summed E-state index contributed by atoms with van der Waals surface area (Å²) >= 11 is 0. The Hall–Kier alpha value is -2.21. The lowest BCUT2D eigenvalue weighted by atomic mass is 9.92. The van der Waals surface area contributed by atoms with Gasteiger partial charge in [0, 0.05) is 44.0 Å². The van der Waals surface area contributed by atoms with Gasteiger partial charge in [-0.25, -0.2) is 9.97 Å². The molecule has 2 aliphatic rings. The van der Waals surface area contributed by atoms with E-state index in [-0.39, 0.29) is 0 Å². The third-order valence-corrected chi connectivity index (χ3v) is 5.49. The molecule has 2 saturated heterocycles. The largest absolute Gasteiger partial charge is 0.494 e. The molecule has 0 saturated carbocycles. The van der Waals surface area contributed by atoms with Crippen molar-refractivity contribution in [2.45, 2.75) is 25.3 Å². The summed E-state index contributed by atoms with van der Waals surface area (Å²) in [5, 5.41) is 0. The van der Waals surface area contributed by atoms with E-state index in [0.717, 1.165) is 37.9 Å². The molecule has 132 valence electrons. The van der Waals surface area contributed by atoms with Crippen molar-refractivity contribution in [3.8, 4) is 5.75 Å². The van der Waals surface area contributed by atoms with Gasteiger partial charge in [-0.1, -0.05) is 6.07 Å². The fourth-order valence-electron chi connectivity index (χ4n) is 4.07. The second kappa shape index (κ2) is 7.35. The summed E-state index contributed by atoms with van der Waals surface area (Å²) in [6, 6.07) is 6.76. The number of likely N-dealkylation sites (tertiary alicyclic amines) is 1. The number of hydrogen-bond donors (Lipinski definition) is 0. The maximum absolute atomic E-state index is 5.16. The lowest BCUT2D eigenvalue weighted by molar-refractivity contribution is 0.208. The van der Waals surface area contributed by atoms with Gasteiger partial charge in [-0.05, 0) is 37.4 Å². The van der Waals surface area contributed by atoms with Crippen molar-refractivity contribution in [2.24, 2.45) is 5.92 Å². The number of rotatable bonds is 5. The van der Waals surface area contributed by atoms with E-state index in [4.69, 9.17) is 4.74 Å². The second-order valence-corrected chi connectivity index (χ2v) is 6.88. The summed E-state index contributed by atoms with van der Waals surface area (Å²) in [6.07, 6.45) is 8.93. The first-order chi connectivity index (χ1) is 12.3. The van der Waals surface area contributed by atoms with Gasteiger partial charge in [0.1, 0.15) is 0 Å². The van der Waals surface area contributed by atoms with Crippen molar-refractivity contribution in [3.05, 3.63) is 42.5 Å². The molecular formula is C19H25N5O. The molecule has 0 bridgehead atoms. The molecule has 0 radical (unpaired) electrons. The van der Waals surface area contributed by atoms with Crippen LogP contribution in [0.4, 0.5) is 5.95 Å². The standard InChI is InChI=1S/C19H25N5O/c1-25-17-12-21-19(22-13-17)24-10-6-15-5-9-23(18(15)14-24)11-7-16-4-2-3-8-20-16/h2-4,8,12-13,15,18H,5-7,9-11,14H2,1H3. The van der Waals surface area contributed by atoms with E-state index in [0.29, 0.717) is 11.8 Å².